The van der Waals surface area contributed by atoms with Crippen LogP contribution in [0.2, 0.25) is 0 Å². The van der Waals surface area contributed by atoms with Gasteiger partial charge in [0.05, 0.1) is 0 Å². The Kier molecular flexibility index (Phi) is 5.15. The molecule has 0 amide bonds. The highest BCUT2D eigenvalue weighted by Gasteiger charge is 2.26. The number of Topliss-reactive ketones (excluding diaryl/α,β-unsaturated/α-hetero) is 1. The highest BCUT2D eigenvalue weighted by Crippen LogP contribution is 2.19. The molecular weight excluding hydrogens is 226 g/mol. The number of nitrogens with zero attached hydrogens (tertiary/aromatic N) is 2. The summed E-state index contributed by atoms with van der Waals surface area (Å²) in [6.45, 7) is 8.60. The number of likely N-dealkylation sites (tertiary alicyclic amines) is 1. The van der Waals surface area contributed by atoms with Crippen LogP contribution < -0.4 is 5.32 Å². The SMILES string of the molecule is CC(CC(=O)C1CCCN(C)C1)N1CCNCC1. The molecule has 2 rings (SSSR count). The van der Waals surface area contributed by atoms with Gasteiger partial charge < -0.3 is 10.2 Å². The maximum Gasteiger partial charge on any atom is 0.138 e. The van der Waals surface area contributed by atoms with Crippen LogP contribution in [0.5, 0.6) is 0 Å². The Morgan fingerprint density at radius 2 is 2.06 bits per heavy atom. The summed E-state index contributed by atoms with van der Waals surface area (Å²) >= 11 is 0. The molecule has 4 heteroatoms. The van der Waals surface area contributed by atoms with Crippen molar-refractivity contribution in [3.63, 3.8) is 0 Å². The predicted molar refractivity (Wildman–Crippen MR) is 73.7 cm³/mol. The van der Waals surface area contributed by atoms with Gasteiger partial charge >= 0.3 is 0 Å². The van der Waals surface area contributed by atoms with Crippen molar-refractivity contribution in [2.24, 2.45) is 5.92 Å². The fraction of sp³-hybridized carbons (Fsp3) is 0.929. The smallest absolute Gasteiger partial charge is 0.138 e. The molecule has 0 aliphatic carbocycles. The van der Waals surface area contributed by atoms with E-state index in [1.165, 1.54) is 6.42 Å². The number of carbonyl (C=O) groups is 1. The fourth-order valence-electron chi connectivity index (χ4n) is 3.14. The summed E-state index contributed by atoms with van der Waals surface area (Å²) in [4.78, 5) is 17.1. The van der Waals surface area contributed by atoms with Gasteiger partial charge in [-0.05, 0) is 33.4 Å². The molecule has 2 fully saturated rings. The van der Waals surface area contributed by atoms with Crippen LogP contribution >= 0.6 is 0 Å². The second kappa shape index (κ2) is 6.64. The zero-order valence-electron chi connectivity index (χ0n) is 11.8. The van der Waals surface area contributed by atoms with Crippen LogP contribution in [0, 0.1) is 5.92 Å². The molecule has 0 radical (unpaired) electrons. The molecule has 104 valence electrons. The molecule has 0 aromatic carbocycles. The molecular formula is C14H27N3O. The first-order valence-electron chi connectivity index (χ1n) is 7.33. The lowest BCUT2D eigenvalue weighted by Crippen LogP contribution is -2.48. The normalized spacial score (nSPS) is 29.1. The number of rotatable bonds is 4. The molecule has 0 aromatic rings. The van der Waals surface area contributed by atoms with Crippen molar-refractivity contribution in [2.75, 3.05) is 46.3 Å². The van der Waals surface area contributed by atoms with Crippen molar-refractivity contribution < 1.29 is 4.79 Å². The van der Waals surface area contributed by atoms with E-state index in [1.807, 2.05) is 0 Å². The molecule has 2 atom stereocenters. The zero-order valence-corrected chi connectivity index (χ0v) is 11.8. The number of hydrogen-bond donors (Lipinski definition) is 1. The van der Waals surface area contributed by atoms with Gasteiger partial charge in [0.2, 0.25) is 0 Å². The molecule has 2 aliphatic rings. The van der Waals surface area contributed by atoms with E-state index < -0.39 is 0 Å². The predicted octanol–water partition coefficient (Wildman–Crippen LogP) is 0.581. The Bertz CT molecular complexity index is 276. The summed E-state index contributed by atoms with van der Waals surface area (Å²) in [5.41, 5.74) is 0. The van der Waals surface area contributed by atoms with E-state index in [9.17, 15) is 4.79 Å². The van der Waals surface area contributed by atoms with E-state index in [0.29, 0.717) is 11.8 Å². The minimum Gasteiger partial charge on any atom is -0.314 e. The minimum absolute atomic E-state index is 0.286. The van der Waals surface area contributed by atoms with E-state index in [1.54, 1.807) is 0 Å². The lowest BCUT2D eigenvalue weighted by Gasteiger charge is -2.34. The molecule has 0 aromatic heterocycles. The third-order valence-corrected chi connectivity index (χ3v) is 4.35. The molecule has 0 spiro atoms. The number of nitrogens with one attached hydrogen (secondary N) is 1. The number of ketones is 1. The van der Waals surface area contributed by atoms with Gasteiger partial charge in [0.1, 0.15) is 5.78 Å². The Morgan fingerprint density at radius 1 is 1.33 bits per heavy atom. The van der Waals surface area contributed by atoms with Gasteiger partial charge in [0, 0.05) is 51.1 Å². The van der Waals surface area contributed by atoms with Crippen molar-refractivity contribution >= 4 is 5.78 Å². The quantitative estimate of drug-likeness (QED) is 0.795. The van der Waals surface area contributed by atoms with E-state index in [-0.39, 0.29) is 5.92 Å². The molecule has 0 saturated carbocycles. The molecule has 2 unspecified atom stereocenters. The topological polar surface area (TPSA) is 35.6 Å². The maximum absolute atomic E-state index is 12.3. The average Bonchev–Trinajstić information content (AvgIpc) is 2.39. The van der Waals surface area contributed by atoms with Crippen LogP contribution in [0.1, 0.15) is 26.2 Å². The number of hydrogen-bond acceptors (Lipinski definition) is 4. The van der Waals surface area contributed by atoms with E-state index in [0.717, 1.165) is 52.1 Å². The fourth-order valence-corrected chi connectivity index (χ4v) is 3.14. The zero-order chi connectivity index (χ0) is 13.0. The van der Waals surface area contributed by atoms with Crippen LogP contribution in [0.15, 0.2) is 0 Å². The molecule has 1 N–H and O–H groups in total. The number of carbonyl (C=O) groups excluding carboxylic acids is 1. The first-order valence-corrected chi connectivity index (χ1v) is 7.33. The van der Waals surface area contributed by atoms with Crippen molar-refractivity contribution in [1.29, 1.82) is 0 Å². The summed E-state index contributed by atoms with van der Waals surface area (Å²) in [7, 11) is 2.12. The van der Waals surface area contributed by atoms with Crippen LogP contribution in [-0.2, 0) is 4.79 Å². The van der Waals surface area contributed by atoms with Crippen molar-refractivity contribution in [3.05, 3.63) is 0 Å². The largest absolute Gasteiger partial charge is 0.314 e. The number of piperazine rings is 1. The molecule has 2 saturated heterocycles. The summed E-state index contributed by atoms with van der Waals surface area (Å²) in [5, 5.41) is 3.36. The van der Waals surface area contributed by atoms with Crippen LogP contribution in [0.25, 0.3) is 0 Å². The van der Waals surface area contributed by atoms with E-state index >= 15 is 0 Å². The average molecular weight is 253 g/mol. The Balaban J connectivity index is 1.78. The maximum atomic E-state index is 12.3. The monoisotopic (exact) mass is 253 g/mol. The highest BCUT2D eigenvalue weighted by molar-refractivity contribution is 5.81. The minimum atomic E-state index is 0.286. The Labute approximate surface area is 111 Å². The molecule has 18 heavy (non-hydrogen) atoms. The Hall–Kier alpha value is -0.450. The van der Waals surface area contributed by atoms with Gasteiger partial charge in [0.25, 0.3) is 0 Å². The van der Waals surface area contributed by atoms with Gasteiger partial charge in [-0.25, -0.2) is 0 Å². The molecule has 0 bridgehead atoms. The second-order valence-corrected chi connectivity index (χ2v) is 5.91. The van der Waals surface area contributed by atoms with Crippen LogP contribution in [0.4, 0.5) is 0 Å². The summed E-state index contributed by atoms with van der Waals surface area (Å²) in [5.74, 6) is 0.765. The third kappa shape index (κ3) is 3.77. The van der Waals surface area contributed by atoms with Gasteiger partial charge in [0.15, 0.2) is 0 Å². The van der Waals surface area contributed by atoms with Gasteiger partial charge in [-0.15, -0.1) is 0 Å². The summed E-state index contributed by atoms with van der Waals surface area (Å²) in [6, 6.07) is 0.409. The van der Waals surface area contributed by atoms with Gasteiger partial charge in [-0.3, -0.25) is 9.69 Å². The second-order valence-electron chi connectivity index (χ2n) is 5.91. The standard InChI is InChI=1S/C14H27N3O/c1-12(17-8-5-15-6-9-17)10-14(18)13-4-3-7-16(2)11-13/h12-13,15H,3-11H2,1-2H3. The summed E-state index contributed by atoms with van der Waals surface area (Å²) in [6.07, 6.45) is 3.00. The van der Waals surface area contributed by atoms with E-state index in [4.69, 9.17) is 0 Å². The first kappa shape index (κ1) is 14.0. The van der Waals surface area contributed by atoms with E-state index in [2.05, 4.69) is 29.1 Å². The van der Waals surface area contributed by atoms with Gasteiger partial charge in [-0.2, -0.15) is 0 Å². The van der Waals surface area contributed by atoms with Crippen molar-refractivity contribution in [2.45, 2.75) is 32.2 Å². The number of piperidine rings is 1. The molecule has 2 aliphatic heterocycles. The van der Waals surface area contributed by atoms with Crippen LogP contribution in [0.3, 0.4) is 0 Å². The molecule has 2 heterocycles. The lowest BCUT2D eigenvalue weighted by molar-refractivity contribution is -0.125. The third-order valence-electron chi connectivity index (χ3n) is 4.35. The first-order chi connectivity index (χ1) is 8.66. The van der Waals surface area contributed by atoms with Crippen molar-refractivity contribution in [1.82, 2.24) is 15.1 Å². The van der Waals surface area contributed by atoms with Gasteiger partial charge in [-0.1, -0.05) is 0 Å². The lowest BCUT2D eigenvalue weighted by atomic mass is 9.90. The Morgan fingerprint density at radius 3 is 2.72 bits per heavy atom. The summed E-state index contributed by atoms with van der Waals surface area (Å²) < 4.78 is 0. The van der Waals surface area contributed by atoms with Crippen molar-refractivity contribution in [3.8, 4) is 0 Å². The van der Waals surface area contributed by atoms with Crippen LogP contribution in [-0.4, -0.2) is 67.9 Å². The highest BCUT2D eigenvalue weighted by atomic mass is 16.1. The molecule has 4 nitrogen and oxygen atoms in total.